The number of nitrogens with one attached hydrogen (secondary N) is 1. The topological polar surface area (TPSA) is 90.0 Å². The number of ether oxygens (including phenoxy) is 1. The van der Waals surface area contributed by atoms with Gasteiger partial charge in [0.1, 0.15) is 0 Å². The highest BCUT2D eigenvalue weighted by Crippen LogP contribution is 2.16. The SMILES string of the molecule is N.O=C(OCCc1cccc2cn[nH]c12)c1ccccc1. The number of carbonyl (C=O) groups excluding carboxylic acids is 1. The zero-order chi connectivity index (χ0) is 13.8. The van der Waals surface area contributed by atoms with Crippen LogP contribution in [0.1, 0.15) is 15.9 Å². The Kier molecular flexibility index (Phi) is 4.68. The Morgan fingerprint density at radius 1 is 1.10 bits per heavy atom. The molecule has 1 aromatic heterocycles. The Morgan fingerprint density at radius 3 is 2.71 bits per heavy atom. The number of hydrogen-bond donors (Lipinski definition) is 2. The highest BCUT2D eigenvalue weighted by atomic mass is 16.5. The third kappa shape index (κ3) is 3.27. The van der Waals surface area contributed by atoms with E-state index in [1.165, 1.54) is 0 Å². The van der Waals surface area contributed by atoms with Crippen LogP contribution in [0, 0.1) is 0 Å². The normalized spacial score (nSPS) is 10.1. The molecule has 0 spiro atoms. The van der Waals surface area contributed by atoms with Crippen LogP contribution in [0.4, 0.5) is 0 Å². The van der Waals surface area contributed by atoms with Crippen molar-refractivity contribution >= 4 is 16.9 Å². The van der Waals surface area contributed by atoms with Gasteiger partial charge in [0, 0.05) is 11.8 Å². The number of carbonyl (C=O) groups is 1. The van der Waals surface area contributed by atoms with E-state index in [1.807, 2.05) is 36.4 Å². The molecule has 5 nitrogen and oxygen atoms in total. The standard InChI is InChI=1S/C16H14N2O2.H3N/c19-16(13-5-2-1-3-6-13)20-10-9-12-7-4-8-14-11-17-18-15(12)14;/h1-8,11H,9-10H2,(H,17,18);1H3. The number of para-hydroxylation sites is 1. The molecule has 21 heavy (non-hydrogen) atoms. The maximum atomic E-state index is 11.8. The van der Waals surface area contributed by atoms with Gasteiger partial charge in [-0.2, -0.15) is 5.10 Å². The van der Waals surface area contributed by atoms with Crippen LogP contribution in [0.25, 0.3) is 10.9 Å². The average Bonchev–Trinajstić information content (AvgIpc) is 2.97. The molecule has 2 aromatic carbocycles. The van der Waals surface area contributed by atoms with E-state index in [0.29, 0.717) is 18.6 Å². The molecule has 0 aliphatic rings. The molecule has 0 bridgehead atoms. The number of H-pyrrole nitrogens is 1. The Balaban J connectivity index is 0.00000161. The maximum Gasteiger partial charge on any atom is 0.338 e. The lowest BCUT2D eigenvalue weighted by Crippen LogP contribution is -2.08. The molecule has 0 saturated carbocycles. The van der Waals surface area contributed by atoms with Gasteiger partial charge < -0.3 is 10.9 Å². The van der Waals surface area contributed by atoms with Gasteiger partial charge in [0.15, 0.2) is 0 Å². The summed E-state index contributed by atoms with van der Waals surface area (Å²) in [4.78, 5) is 11.8. The van der Waals surface area contributed by atoms with Gasteiger partial charge >= 0.3 is 5.97 Å². The van der Waals surface area contributed by atoms with Crippen molar-refractivity contribution < 1.29 is 9.53 Å². The third-order valence-corrected chi connectivity index (χ3v) is 3.18. The van der Waals surface area contributed by atoms with E-state index in [1.54, 1.807) is 18.3 Å². The summed E-state index contributed by atoms with van der Waals surface area (Å²) >= 11 is 0. The van der Waals surface area contributed by atoms with Gasteiger partial charge in [-0.1, -0.05) is 36.4 Å². The minimum atomic E-state index is -0.289. The fourth-order valence-corrected chi connectivity index (χ4v) is 2.15. The Labute approximate surface area is 122 Å². The third-order valence-electron chi connectivity index (χ3n) is 3.18. The van der Waals surface area contributed by atoms with Crippen molar-refractivity contribution in [1.82, 2.24) is 16.3 Å². The Bertz CT molecular complexity index is 722. The van der Waals surface area contributed by atoms with E-state index in [2.05, 4.69) is 10.2 Å². The average molecular weight is 283 g/mol. The molecule has 3 rings (SSSR count). The lowest BCUT2D eigenvalue weighted by atomic mass is 10.1. The van der Waals surface area contributed by atoms with E-state index in [0.717, 1.165) is 16.5 Å². The zero-order valence-electron chi connectivity index (χ0n) is 11.6. The minimum absolute atomic E-state index is 0. The van der Waals surface area contributed by atoms with E-state index >= 15 is 0 Å². The molecule has 0 aliphatic carbocycles. The van der Waals surface area contributed by atoms with Gasteiger partial charge in [0.25, 0.3) is 0 Å². The predicted octanol–water partition coefficient (Wildman–Crippen LogP) is 3.12. The van der Waals surface area contributed by atoms with Crippen LogP contribution in [-0.4, -0.2) is 22.8 Å². The van der Waals surface area contributed by atoms with Crippen LogP contribution in [0.5, 0.6) is 0 Å². The van der Waals surface area contributed by atoms with Crippen molar-refractivity contribution in [2.75, 3.05) is 6.61 Å². The predicted molar refractivity (Wildman–Crippen MR) is 81.5 cm³/mol. The van der Waals surface area contributed by atoms with Crippen LogP contribution in [0.2, 0.25) is 0 Å². The summed E-state index contributed by atoms with van der Waals surface area (Å²) in [5.74, 6) is -0.289. The highest BCUT2D eigenvalue weighted by Gasteiger charge is 2.07. The highest BCUT2D eigenvalue weighted by molar-refractivity contribution is 5.89. The molecule has 5 heteroatoms. The van der Waals surface area contributed by atoms with Gasteiger partial charge in [0.2, 0.25) is 0 Å². The molecule has 4 N–H and O–H groups in total. The summed E-state index contributed by atoms with van der Waals surface area (Å²) in [5, 5.41) is 8.05. The first-order chi connectivity index (χ1) is 9.84. The number of nitrogens with zero attached hydrogens (tertiary/aromatic N) is 1. The van der Waals surface area contributed by atoms with Gasteiger partial charge in [-0.3, -0.25) is 5.10 Å². The number of fused-ring (bicyclic) bond motifs is 1. The molecule has 0 saturated heterocycles. The number of esters is 1. The molecule has 0 unspecified atom stereocenters. The van der Waals surface area contributed by atoms with Gasteiger partial charge in [-0.05, 0) is 17.7 Å². The number of aromatic nitrogens is 2. The molecule has 3 aromatic rings. The van der Waals surface area contributed by atoms with Crippen molar-refractivity contribution in [2.24, 2.45) is 0 Å². The van der Waals surface area contributed by atoms with E-state index in [-0.39, 0.29) is 12.1 Å². The van der Waals surface area contributed by atoms with Gasteiger partial charge in [-0.15, -0.1) is 0 Å². The molecule has 0 fully saturated rings. The molecular weight excluding hydrogens is 266 g/mol. The van der Waals surface area contributed by atoms with Crippen LogP contribution < -0.4 is 6.15 Å². The molecule has 108 valence electrons. The maximum absolute atomic E-state index is 11.8. The second kappa shape index (κ2) is 6.67. The summed E-state index contributed by atoms with van der Waals surface area (Å²) in [6.45, 7) is 0.353. The zero-order valence-corrected chi connectivity index (χ0v) is 11.6. The fourth-order valence-electron chi connectivity index (χ4n) is 2.15. The molecule has 0 amide bonds. The van der Waals surface area contributed by atoms with Crippen LogP contribution in [0.3, 0.4) is 0 Å². The summed E-state index contributed by atoms with van der Waals surface area (Å²) in [5.41, 5.74) is 2.68. The first-order valence-corrected chi connectivity index (χ1v) is 6.48. The summed E-state index contributed by atoms with van der Waals surface area (Å²) in [6.07, 6.45) is 2.45. The molecule has 1 heterocycles. The smallest absolute Gasteiger partial charge is 0.338 e. The second-order valence-corrected chi connectivity index (χ2v) is 4.50. The van der Waals surface area contributed by atoms with E-state index in [4.69, 9.17) is 4.74 Å². The van der Waals surface area contributed by atoms with Crippen LogP contribution in [-0.2, 0) is 11.2 Å². The van der Waals surface area contributed by atoms with Crippen molar-refractivity contribution in [1.29, 1.82) is 0 Å². The van der Waals surface area contributed by atoms with Crippen molar-refractivity contribution in [3.8, 4) is 0 Å². The molecular formula is C16H17N3O2. The van der Waals surface area contributed by atoms with E-state index < -0.39 is 0 Å². The molecule has 0 atom stereocenters. The minimum Gasteiger partial charge on any atom is -0.462 e. The van der Waals surface area contributed by atoms with E-state index in [9.17, 15) is 4.79 Å². The first-order valence-electron chi connectivity index (χ1n) is 6.48. The summed E-state index contributed by atoms with van der Waals surface area (Å²) in [6, 6.07) is 15.0. The Hall–Kier alpha value is -2.66. The van der Waals surface area contributed by atoms with Crippen molar-refractivity contribution in [3.63, 3.8) is 0 Å². The number of hydrogen-bond acceptors (Lipinski definition) is 4. The Morgan fingerprint density at radius 2 is 1.90 bits per heavy atom. The largest absolute Gasteiger partial charge is 0.462 e. The number of rotatable bonds is 4. The van der Waals surface area contributed by atoms with Crippen molar-refractivity contribution in [2.45, 2.75) is 6.42 Å². The lowest BCUT2D eigenvalue weighted by Gasteiger charge is -2.05. The fraction of sp³-hybridized carbons (Fsp3) is 0.125. The molecule has 0 aliphatic heterocycles. The lowest BCUT2D eigenvalue weighted by molar-refractivity contribution is 0.0509. The van der Waals surface area contributed by atoms with Gasteiger partial charge in [-0.25, -0.2) is 4.79 Å². The first kappa shape index (κ1) is 14.7. The summed E-state index contributed by atoms with van der Waals surface area (Å²) in [7, 11) is 0. The van der Waals surface area contributed by atoms with Crippen LogP contribution in [0.15, 0.2) is 54.7 Å². The van der Waals surface area contributed by atoms with Gasteiger partial charge in [0.05, 0.1) is 23.9 Å². The summed E-state index contributed by atoms with van der Waals surface area (Å²) < 4.78 is 5.28. The second-order valence-electron chi connectivity index (χ2n) is 4.50. The number of benzene rings is 2. The van der Waals surface area contributed by atoms with Crippen LogP contribution >= 0.6 is 0 Å². The monoisotopic (exact) mass is 283 g/mol. The van der Waals surface area contributed by atoms with Crippen molar-refractivity contribution in [3.05, 3.63) is 65.9 Å². The molecule has 0 radical (unpaired) electrons. The quantitative estimate of drug-likeness (QED) is 0.720. The number of aromatic amines is 1.